The van der Waals surface area contributed by atoms with Crippen LogP contribution in [0.1, 0.15) is 23.0 Å². The topological polar surface area (TPSA) is 55.0 Å². The zero-order valence-corrected chi connectivity index (χ0v) is 11.7. The molecular formula is C13H13BrN2O2. The first-order valence-corrected chi connectivity index (χ1v) is 6.40. The Morgan fingerprint density at radius 2 is 2.22 bits per heavy atom. The maximum absolute atomic E-state index is 11.5. The van der Waals surface area contributed by atoms with Gasteiger partial charge in [0, 0.05) is 10.0 Å². The standard InChI is InChI=1S/C13H13BrN2O2/c1-3-18-13(17)12-7-11(15-16-12)10-5-4-9(14)6-8(10)2/h4-7H,3H2,1-2H3,(H,15,16). The summed E-state index contributed by atoms with van der Waals surface area (Å²) in [6.45, 7) is 4.12. The van der Waals surface area contributed by atoms with Crippen molar-refractivity contribution >= 4 is 21.9 Å². The molecule has 18 heavy (non-hydrogen) atoms. The number of carbonyl (C=O) groups excluding carboxylic acids is 1. The molecular weight excluding hydrogens is 296 g/mol. The number of benzene rings is 1. The summed E-state index contributed by atoms with van der Waals surface area (Å²) in [6, 6.07) is 7.62. The smallest absolute Gasteiger partial charge is 0.356 e. The summed E-state index contributed by atoms with van der Waals surface area (Å²) < 4.78 is 5.93. The van der Waals surface area contributed by atoms with Gasteiger partial charge in [-0.2, -0.15) is 5.10 Å². The van der Waals surface area contributed by atoms with Crippen LogP contribution in [0.3, 0.4) is 0 Å². The second-order valence-corrected chi connectivity index (χ2v) is 4.76. The Balaban J connectivity index is 2.32. The van der Waals surface area contributed by atoms with Crippen molar-refractivity contribution in [3.8, 4) is 11.3 Å². The van der Waals surface area contributed by atoms with Crippen molar-refractivity contribution < 1.29 is 9.53 Å². The van der Waals surface area contributed by atoms with E-state index in [0.717, 1.165) is 21.3 Å². The van der Waals surface area contributed by atoms with Crippen LogP contribution in [0.2, 0.25) is 0 Å². The number of esters is 1. The second-order valence-electron chi connectivity index (χ2n) is 3.85. The number of ether oxygens (including phenoxy) is 1. The van der Waals surface area contributed by atoms with Crippen LogP contribution in [0.15, 0.2) is 28.7 Å². The summed E-state index contributed by atoms with van der Waals surface area (Å²) in [4.78, 5) is 11.5. The Morgan fingerprint density at radius 1 is 1.44 bits per heavy atom. The first kappa shape index (κ1) is 12.8. The Kier molecular flexibility index (Phi) is 3.81. The normalized spacial score (nSPS) is 10.4. The van der Waals surface area contributed by atoms with Gasteiger partial charge >= 0.3 is 5.97 Å². The van der Waals surface area contributed by atoms with Gasteiger partial charge in [-0.1, -0.05) is 22.0 Å². The lowest BCUT2D eigenvalue weighted by Crippen LogP contribution is -2.04. The molecule has 4 nitrogen and oxygen atoms in total. The minimum absolute atomic E-state index is 0.352. The number of carbonyl (C=O) groups is 1. The lowest BCUT2D eigenvalue weighted by molar-refractivity contribution is 0.0519. The highest BCUT2D eigenvalue weighted by molar-refractivity contribution is 9.10. The molecule has 0 saturated carbocycles. The Labute approximate surface area is 113 Å². The van der Waals surface area contributed by atoms with Crippen LogP contribution in [0.5, 0.6) is 0 Å². The fraction of sp³-hybridized carbons (Fsp3) is 0.231. The molecule has 0 unspecified atom stereocenters. The van der Waals surface area contributed by atoms with E-state index in [-0.39, 0.29) is 5.97 Å². The predicted molar refractivity (Wildman–Crippen MR) is 72.4 cm³/mol. The number of hydrogen-bond acceptors (Lipinski definition) is 3. The van der Waals surface area contributed by atoms with E-state index in [0.29, 0.717) is 12.3 Å². The molecule has 0 fully saturated rings. The van der Waals surface area contributed by atoms with Gasteiger partial charge in [0.2, 0.25) is 0 Å². The third-order valence-corrected chi connectivity index (χ3v) is 3.03. The van der Waals surface area contributed by atoms with Gasteiger partial charge in [0.05, 0.1) is 12.3 Å². The minimum atomic E-state index is -0.383. The molecule has 2 aromatic rings. The molecule has 0 aliphatic heterocycles. The van der Waals surface area contributed by atoms with Crippen LogP contribution in [0.25, 0.3) is 11.3 Å². The SMILES string of the molecule is CCOC(=O)c1cc(-c2ccc(Br)cc2C)n[nH]1. The van der Waals surface area contributed by atoms with Crippen molar-refractivity contribution in [2.24, 2.45) is 0 Å². The van der Waals surface area contributed by atoms with E-state index < -0.39 is 0 Å². The fourth-order valence-electron chi connectivity index (χ4n) is 1.69. The summed E-state index contributed by atoms with van der Waals surface area (Å²) in [5.74, 6) is -0.383. The zero-order chi connectivity index (χ0) is 13.1. The second kappa shape index (κ2) is 5.35. The van der Waals surface area contributed by atoms with E-state index in [1.165, 1.54) is 0 Å². The Hall–Kier alpha value is -1.62. The molecule has 1 heterocycles. The third kappa shape index (κ3) is 2.61. The quantitative estimate of drug-likeness (QED) is 0.885. The number of nitrogens with zero attached hydrogens (tertiary/aromatic N) is 1. The van der Waals surface area contributed by atoms with Crippen LogP contribution in [-0.2, 0) is 4.74 Å². The first-order chi connectivity index (χ1) is 8.61. The van der Waals surface area contributed by atoms with Crippen LogP contribution in [0, 0.1) is 6.92 Å². The molecule has 0 amide bonds. The van der Waals surface area contributed by atoms with Gasteiger partial charge in [0.1, 0.15) is 5.69 Å². The molecule has 94 valence electrons. The number of H-pyrrole nitrogens is 1. The molecule has 5 heteroatoms. The van der Waals surface area contributed by atoms with Crippen LogP contribution in [0.4, 0.5) is 0 Å². The van der Waals surface area contributed by atoms with E-state index in [4.69, 9.17) is 4.74 Å². The number of hydrogen-bond donors (Lipinski definition) is 1. The maximum atomic E-state index is 11.5. The number of halogens is 1. The average Bonchev–Trinajstić information content (AvgIpc) is 2.78. The molecule has 0 aliphatic rings. The van der Waals surface area contributed by atoms with Gasteiger partial charge < -0.3 is 4.74 Å². The Morgan fingerprint density at radius 3 is 2.89 bits per heavy atom. The highest BCUT2D eigenvalue weighted by atomic mass is 79.9. The molecule has 0 atom stereocenters. The van der Waals surface area contributed by atoms with Crippen molar-refractivity contribution in [3.63, 3.8) is 0 Å². The van der Waals surface area contributed by atoms with Crippen LogP contribution < -0.4 is 0 Å². The minimum Gasteiger partial charge on any atom is -0.461 e. The molecule has 1 N–H and O–H groups in total. The third-order valence-electron chi connectivity index (χ3n) is 2.54. The molecule has 1 aromatic heterocycles. The largest absolute Gasteiger partial charge is 0.461 e. The first-order valence-electron chi connectivity index (χ1n) is 5.61. The van der Waals surface area contributed by atoms with Gasteiger partial charge in [0.15, 0.2) is 0 Å². The molecule has 0 bridgehead atoms. The van der Waals surface area contributed by atoms with Crippen molar-refractivity contribution in [2.45, 2.75) is 13.8 Å². The van der Waals surface area contributed by atoms with E-state index >= 15 is 0 Å². The predicted octanol–water partition coefficient (Wildman–Crippen LogP) is 3.32. The number of aromatic nitrogens is 2. The summed E-state index contributed by atoms with van der Waals surface area (Å²) in [5, 5.41) is 6.83. The highest BCUT2D eigenvalue weighted by Crippen LogP contribution is 2.25. The zero-order valence-electron chi connectivity index (χ0n) is 10.2. The molecule has 2 rings (SSSR count). The van der Waals surface area contributed by atoms with E-state index in [1.54, 1.807) is 13.0 Å². The fourth-order valence-corrected chi connectivity index (χ4v) is 2.16. The van der Waals surface area contributed by atoms with Gasteiger partial charge in [-0.25, -0.2) is 4.79 Å². The van der Waals surface area contributed by atoms with Crippen LogP contribution in [-0.4, -0.2) is 22.8 Å². The lowest BCUT2D eigenvalue weighted by atomic mass is 10.1. The number of aromatic amines is 1. The van der Waals surface area contributed by atoms with Gasteiger partial charge in [-0.15, -0.1) is 0 Å². The summed E-state index contributed by atoms with van der Waals surface area (Å²) in [5.41, 5.74) is 3.19. The Bertz CT molecular complexity index is 578. The van der Waals surface area contributed by atoms with Crippen molar-refractivity contribution in [1.82, 2.24) is 10.2 Å². The highest BCUT2D eigenvalue weighted by Gasteiger charge is 2.12. The molecule has 0 spiro atoms. The maximum Gasteiger partial charge on any atom is 0.356 e. The number of aryl methyl sites for hydroxylation is 1. The van der Waals surface area contributed by atoms with Crippen molar-refractivity contribution in [1.29, 1.82) is 0 Å². The lowest BCUT2D eigenvalue weighted by Gasteiger charge is -2.02. The van der Waals surface area contributed by atoms with Gasteiger partial charge in [-0.3, -0.25) is 5.10 Å². The van der Waals surface area contributed by atoms with Gasteiger partial charge in [0.25, 0.3) is 0 Å². The summed E-state index contributed by atoms with van der Waals surface area (Å²) in [7, 11) is 0. The molecule has 0 saturated heterocycles. The van der Waals surface area contributed by atoms with E-state index in [2.05, 4.69) is 26.1 Å². The van der Waals surface area contributed by atoms with Crippen LogP contribution >= 0.6 is 15.9 Å². The van der Waals surface area contributed by atoms with E-state index in [9.17, 15) is 4.79 Å². The number of nitrogens with one attached hydrogen (secondary N) is 1. The molecule has 0 aliphatic carbocycles. The molecule has 0 radical (unpaired) electrons. The summed E-state index contributed by atoms with van der Waals surface area (Å²) in [6.07, 6.45) is 0. The molecule has 1 aromatic carbocycles. The summed E-state index contributed by atoms with van der Waals surface area (Å²) >= 11 is 3.42. The number of rotatable bonds is 3. The average molecular weight is 309 g/mol. The van der Waals surface area contributed by atoms with E-state index in [1.807, 2.05) is 25.1 Å². The van der Waals surface area contributed by atoms with Gasteiger partial charge in [-0.05, 0) is 37.6 Å². The van der Waals surface area contributed by atoms with Crippen molar-refractivity contribution in [2.75, 3.05) is 6.61 Å². The van der Waals surface area contributed by atoms with Crippen molar-refractivity contribution in [3.05, 3.63) is 40.0 Å². The monoisotopic (exact) mass is 308 g/mol.